The van der Waals surface area contributed by atoms with Crippen molar-refractivity contribution in [3.8, 4) is 0 Å². The fourth-order valence-corrected chi connectivity index (χ4v) is 4.20. The highest BCUT2D eigenvalue weighted by atomic mass is 32.2. The van der Waals surface area contributed by atoms with Crippen LogP contribution in [0.2, 0.25) is 0 Å². The largest absolute Gasteiger partial charge is 0.381 e. The molecule has 30 heavy (non-hydrogen) atoms. The molecule has 0 unspecified atom stereocenters. The van der Waals surface area contributed by atoms with Gasteiger partial charge in [-0.3, -0.25) is 0 Å². The van der Waals surface area contributed by atoms with Gasteiger partial charge in [0.1, 0.15) is 0 Å². The van der Waals surface area contributed by atoms with Crippen molar-refractivity contribution >= 4 is 32.4 Å². The molecular weight excluding hydrogens is 396 g/mol. The number of aryl methyl sites for hydroxylation is 2. The molecule has 0 saturated heterocycles. The van der Waals surface area contributed by atoms with Crippen LogP contribution in [0.25, 0.3) is 10.8 Å². The molecule has 3 aromatic carbocycles. The van der Waals surface area contributed by atoms with Crippen LogP contribution in [0.5, 0.6) is 0 Å². The molecule has 0 bridgehead atoms. The van der Waals surface area contributed by atoms with Gasteiger partial charge in [0.15, 0.2) is 0 Å². The van der Waals surface area contributed by atoms with Crippen molar-refractivity contribution in [3.63, 3.8) is 0 Å². The van der Waals surface area contributed by atoms with Crippen molar-refractivity contribution in [1.29, 1.82) is 0 Å². The zero-order chi connectivity index (χ0) is 21.1. The predicted molar refractivity (Wildman–Crippen MR) is 120 cm³/mol. The third-order valence-electron chi connectivity index (χ3n) is 4.68. The number of benzene rings is 3. The molecule has 0 aliphatic rings. The molecule has 4 rings (SSSR count). The van der Waals surface area contributed by atoms with Crippen molar-refractivity contribution < 1.29 is 8.42 Å². The Morgan fingerprint density at radius 2 is 1.47 bits per heavy atom. The monoisotopic (exact) mass is 418 g/mol. The third kappa shape index (κ3) is 4.58. The Labute approximate surface area is 176 Å². The summed E-state index contributed by atoms with van der Waals surface area (Å²) in [6.07, 6.45) is 0. The molecule has 1 aromatic heterocycles. The van der Waals surface area contributed by atoms with Gasteiger partial charge in [0.2, 0.25) is 5.95 Å². The maximum atomic E-state index is 12.6. The van der Waals surface area contributed by atoms with Gasteiger partial charge < -0.3 is 5.32 Å². The second-order valence-corrected chi connectivity index (χ2v) is 8.82. The Morgan fingerprint density at radius 1 is 0.800 bits per heavy atom. The molecule has 0 spiro atoms. The molecule has 0 fully saturated rings. The van der Waals surface area contributed by atoms with Crippen molar-refractivity contribution in [2.45, 2.75) is 25.3 Å². The van der Waals surface area contributed by atoms with E-state index in [-0.39, 0.29) is 10.8 Å². The standard InChI is InChI=1S/C23H22N4O2S/c1-16-13-17(2)26-23(25-16)27-30(28,29)22-11-9-21(10-12-22)24-15-18-7-8-19-5-3-4-6-20(19)14-18/h3-14,24H,15H2,1-2H3,(H,25,26,27). The first kappa shape index (κ1) is 19.8. The first-order chi connectivity index (χ1) is 14.4. The van der Waals surface area contributed by atoms with E-state index in [2.05, 4.69) is 50.3 Å². The fraction of sp³-hybridized carbons (Fsp3) is 0.130. The molecule has 0 aliphatic heterocycles. The lowest BCUT2D eigenvalue weighted by Crippen LogP contribution is -2.15. The Kier molecular flexibility index (Phi) is 5.37. The maximum Gasteiger partial charge on any atom is 0.264 e. The number of rotatable bonds is 6. The average molecular weight is 419 g/mol. The molecule has 1 heterocycles. The quantitative estimate of drug-likeness (QED) is 0.476. The normalized spacial score (nSPS) is 11.4. The molecular formula is C23H22N4O2S. The van der Waals surface area contributed by atoms with E-state index < -0.39 is 10.0 Å². The highest BCUT2D eigenvalue weighted by Crippen LogP contribution is 2.19. The van der Waals surface area contributed by atoms with E-state index in [1.165, 1.54) is 10.8 Å². The number of nitrogens with zero attached hydrogens (tertiary/aromatic N) is 2. The summed E-state index contributed by atoms with van der Waals surface area (Å²) in [6.45, 7) is 4.23. The van der Waals surface area contributed by atoms with Gasteiger partial charge in [-0.05, 0) is 66.6 Å². The van der Waals surface area contributed by atoms with E-state index in [4.69, 9.17) is 0 Å². The second-order valence-electron chi connectivity index (χ2n) is 7.14. The number of fused-ring (bicyclic) bond motifs is 1. The minimum Gasteiger partial charge on any atom is -0.381 e. The van der Waals surface area contributed by atoms with Gasteiger partial charge in [-0.25, -0.2) is 23.1 Å². The molecule has 0 atom stereocenters. The fourth-order valence-electron chi connectivity index (χ4n) is 3.26. The number of nitrogens with one attached hydrogen (secondary N) is 2. The van der Waals surface area contributed by atoms with Gasteiger partial charge >= 0.3 is 0 Å². The molecule has 0 aliphatic carbocycles. The predicted octanol–water partition coefficient (Wildman–Crippen LogP) is 4.66. The van der Waals surface area contributed by atoms with Crippen molar-refractivity contribution in [3.05, 3.63) is 89.7 Å². The lowest BCUT2D eigenvalue weighted by atomic mass is 10.1. The SMILES string of the molecule is Cc1cc(C)nc(NS(=O)(=O)c2ccc(NCc3ccc4ccccc4c3)cc2)n1. The maximum absolute atomic E-state index is 12.6. The highest BCUT2D eigenvalue weighted by molar-refractivity contribution is 7.92. The number of aromatic nitrogens is 2. The Balaban J connectivity index is 1.45. The van der Waals surface area contributed by atoms with Gasteiger partial charge in [0, 0.05) is 23.6 Å². The number of anilines is 2. The summed E-state index contributed by atoms with van der Waals surface area (Å²) in [6, 6.07) is 23.0. The highest BCUT2D eigenvalue weighted by Gasteiger charge is 2.16. The molecule has 152 valence electrons. The van der Waals surface area contributed by atoms with Gasteiger partial charge in [0.05, 0.1) is 4.90 Å². The van der Waals surface area contributed by atoms with Crippen LogP contribution < -0.4 is 10.0 Å². The van der Waals surface area contributed by atoms with Gasteiger partial charge in [0.25, 0.3) is 10.0 Å². The lowest BCUT2D eigenvalue weighted by molar-refractivity contribution is 0.601. The summed E-state index contributed by atoms with van der Waals surface area (Å²) in [5.41, 5.74) is 3.39. The first-order valence-electron chi connectivity index (χ1n) is 9.56. The summed E-state index contributed by atoms with van der Waals surface area (Å²) in [5, 5.41) is 5.73. The molecule has 6 nitrogen and oxygen atoms in total. The summed E-state index contributed by atoms with van der Waals surface area (Å²) >= 11 is 0. The van der Waals surface area contributed by atoms with Crippen LogP contribution in [0.3, 0.4) is 0 Å². The zero-order valence-electron chi connectivity index (χ0n) is 16.8. The van der Waals surface area contributed by atoms with E-state index in [9.17, 15) is 8.42 Å². The van der Waals surface area contributed by atoms with Crippen molar-refractivity contribution in [1.82, 2.24) is 9.97 Å². The second kappa shape index (κ2) is 8.12. The smallest absolute Gasteiger partial charge is 0.264 e. The number of sulfonamides is 1. The van der Waals surface area contributed by atoms with E-state index in [1.807, 2.05) is 12.1 Å². The van der Waals surface area contributed by atoms with E-state index in [0.29, 0.717) is 17.9 Å². The van der Waals surface area contributed by atoms with Crippen LogP contribution in [0, 0.1) is 13.8 Å². The van der Waals surface area contributed by atoms with Crippen molar-refractivity contribution in [2.75, 3.05) is 10.0 Å². The molecule has 4 aromatic rings. The van der Waals surface area contributed by atoms with Crippen molar-refractivity contribution in [2.24, 2.45) is 0 Å². The minimum absolute atomic E-state index is 0.0750. The Morgan fingerprint density at radius 3 is 2.17 bits per heavy atom. The summed E-state index contributed by atoms with van der Waals surface area (Å²) in [4.78, 5) is 8.42. The zero-order valence-corrected chi connectivity index (χ0v) is 17.6. The van der Waals surface area contributed by atoms with E-state index in [0.717, 1.165) is 11.3 Å². The average Bonchev–Trinajstić information content (AvgIpc) is 2.71. The van der Waals surface area contributed by atoms with Gasteiger partial charge in [-0.2, -0.15) is 0 Å². The third-order valence-corrected chi connectivity index (χ3v) is 6.03. The van der Waals surface area contributed by atoms with Gasteiger partial charge in [-0.1, -0.05) is 36.4 Å². The molecule has 0 saturated carbocycles. The topological polar surface area (TPSA) is 84.0 Å². The Bertz CT molecular complexity index is 1280. The molecule has 2 N–H and O–H groups in total. The van der Waals surface area contributed by atoms with Crippen LogP contribution >= 0.6 is 0 Å². The number of hydrogen-bond acceptors (Lipinski definition) is 5. The molecule has 0 amide bonds. The van der Waals surface area contributed by atoms with E-state index >= 15 is 0 Å². The van der Waals surface area contributed by atoms with Crippen LogP contribution in [0.4, 0.5) is 11.6 Å². The summed E-state index contributed by atoms with van der Waals surface area (Å²) in [5.74, 6) is 0.0750. The van der Waals surface area contributed by atoms with Gasteiger partial charge in [-0.15, -0.1) is 0 Å². The lowest BCUT2D eigenvalue weighted by Gasteiger charge is -2.10. The Hall–Kier alpha value is -3.45. The minimum atomic E-state index is -3.76. The summed E-state index contributed by atoms with van der Waals surface area (Å²) in [7, 11) is -3.76. The molecule has 7 heteroatoms. The van der Waals surface area contributed by atoms with Crippen LogP contribution in [0.15, 0.2) is 77.7 Å². The first-order valence-corrected chi connectivity index (χ1v) is 11.0. The number of hydrogen-bond donors (Lipinski definition) is 2. The van der Waals surface area contributed by atoms with E-state index in [1.54, 1.807) is 44.2 Å². The van der Waals surface area contributed by atoms with Crippen LogP contribution in [-0.2, 0) is 16.6 Å². The summed E-state index contributed by atoms with van der Waals surface area (Å²) < 4.78 is 27.7. The van der Waals surface area contributed by atoms with Crippen LogP contribution in [-0.4, -0.2) is 18.4 Å². The van der Waals surface area contributed by atoms with Crippen LogP contribution in [0.1, 0.15) is 17.0 Å². The molecule has 0 radical (unpaired) electrons.